The summed E-state index contributed by atoms with van der Waals surface area (Å²) in [7, 11) is 0. The number of hydrogen-bond donors (Lipinski definition) is 1. The van der Waals surface area contributed by atoms with Gasteiger partial charge in [0.1, 0.15) is 11.9 Å². The minimum atomic E-state index is -0.534. The lowest BCUT2D eigenvalue weighted by Crippen LogP contribution is -2.43. The number of carbonyl (C=O) groups excluding carboxylic acids is 2. The number of benzene rings is 2. The van der Waals surface area contributed by atoms with Gasteiger partial charge in [0.25, 0.3) is 5.91 Å². The van der Waals surface area contributed by atoms with Crippen LogP contribution in [0.1, 0.15) is 23.2 Å². The molecular formula is C19H19FN2O2S. The Morgan fingerprint density at radius 1 is 1.20 bits per heavy atom. The van der Waals surface area contributed by atoms with E-state index in [2.05, 4.69) is 5.32 Å². The number of nitrogens with zero attached hydrogens (tertiary/aromatic N) is 1. The Kier molecular flexibility index (Phi) is 5.38. The van der Waals surface area contributed by atoms with Gasteiger partial charge in [-0.15, -0.1) is 11.8 Å². The molecule has 0 aliphatic carbocycles. The van der Waals surface area contributed by atoms with E-state index in [9.17, 15) is 14.0 Å². The van der Waals surface area contributed by atoms with Gasteiger partial charge in [-0.25, -0.2) is 4.39 Å². The van der Waals surface area contributed by atoms with Crippen molar-refractivity contribution in [3.63, 3.8) is 0 Å². The first-order valence-corrected chi connectivity index (χ1v) is 9.32. The fourth-order valence-electron chi connectivity index (χ4n) is 3.00. The molecule has 1 aliphatic rings. The van der Waals surface area contributed by atoms with Gasteiger partial charge in [-0.3, -0.25) is 9.59 Å². The highest BCUT2D eigenvalue weighted by Gasteiger charge is 2.34. The zero-order valence-corrected chi connectivity index (χ0v) is 14.7. The number of thioether (sulfide) groups is 1. The Labute approximate surface area is 150 Å². The fourth-order valence-corrected chi connectivity index (χ4v) is 3.46. The zero-order chi connectivity index (χ0) is 17.8. The summed E-state index contributed by atoms with van der Waals surface area (Å²) in [4.78, 5) is 27.9. The Morgan fingerprint density at radius 3 is 2.76 bits per heavy atom. The predicted octanol–water partition coefficient (Wildman–Crippen LogP) is 3.79. The molecule has 1 fully saturated rings. The molecule has 3 rings (SSSR count). The first-order chi connectivity index (χ1) is 12.1. The molecule has 0 aromatic heterocycles. The highest BCUT2D eigenvalue weighted by atomic mass is 32.2. The number of hydrogen-bond acceptors (Lipinski definition) is 3. The van der Waals surface area contributed by atoms with Gasteiger partial charge >= 0.3 is 0 Å². The second-order valence-electron chi connectivity index (χ2n) is 5.89. The van der Waals surface area contributed by atoms with E-state index in [0.29, 0.717) is 18.7 Å². The Bertz CT molecular complexity index is 796. The van der Waals surface area contributed by atoms with Gasteiger partial charge in [-0.2, -0.15) is 0 Å². The first kappa shape index (κ1) is 17.5. The van der Waals surface area contributed by atoms with Crippen molar-refractivity contribution in [2.45, 2.75) is 23.8 Å². The molecule has 1 aliphatic heterocycles. The van der Waals surface area contributed by atoms with Crippen molar-refractivity contribution in [3.05, 3.63) is 59.9 Å². The van der Waals surface area contributed by atoms with Gasteiger partial charge < -0.3 is 10.2 Å². The summed E-state index contributed by atoms with van der Waals surface area (Å²) >= 11 is 1.60. The molecule has 1 saturated heterocycles. The molecule has 1 heterocycles. The van der Waals surface area contributed by atoms with E-state index >= 15 is 0 Å². The standard InChI is InChI=1S/C19H19FN2O2S/c1-25-16-8-3-7-15(12-16)21-18(23)17-9-4-10-22(17)19(24)13-5-2-6-14(20)11-13/h2-3,5-8,11-12,17H,4,9-10H2,1H3,(H,21,23)/t17-/m1/s1. The molecule has 0 unspecified atom stereocenters. The fraction of sp³-hybridized carbons (Fsp3) is 0.263. The molecule has 4 nitrogen and oxygen atoms in total. The van der Waals surface area contributed by atoms with Crippen LogP contribution in [0.25, 0.3) is 0 Å². The maximum absolute atomic E-state index is 13.4. The zero-order valence-electron chi connectivity index (χ0n) is 13.9. The van der Waals surface area contributed by atoms with Crippen molar-refractivity contribution in [3.8, 4) is 0 Å². The summed E-state index contributed by atoms with van der Waals surface area (Å²) < 4.78 is 13.4. The number of carbonyl (C=O) groups is 2. The molecule has 0 spiro atoms. The van der Waals surface area contributed by atoms with E-state index in [-0.39, 0.29) is 17.4 Å². The van der Waals surface area contributed by atoms with Crippen molar-refractivity contribution < 1.29 is 14.0 Å². The Morgan fingerprint density at radius 2 is 2.00 bits per heavy atom. The van der Waals surface area contributed by atoms with E-state index in [1.165, 1.54) is 23.1 Å². The van der Waals surface area contributed by atoms with E-state index < -0.39 is 11.9 Å². The molecule has 1 atom stereocenters. The van der Waals surface area contributed by atoms with Crippen LogP contribution in [-0.2, 0) is 4.79 Å². The molecule has 1 N–H and O–H groups in total. The minimum Gasteiger partial charge on any atom is -0.327 e. The average molecular weight is 358 g/mol. The topological polar surface area (TPSA) is 49.4 Å². The second kappa shape index (κ2) is 7.70. The van der Waals surface area contributed by atoms with Crippen molar-refractivity contribution in [2.75, 3.05) is 18.1 Å². The lowest BCUT2D eigenvalue weighted by molar-refractivity contribution is -0.119. The molecule has 2 aromatic rings. The quantitative estimate of drug-likeness (QED) is 0.846. The molecule has 130 valence electrons. The lowest BCUT2D eigenvalue weighted by Gasteiger charge is -2.24. The smallest absolute Gasteiger partial charge is 0.254 e. The number of anilines is 1. The SMILES string of the molecule is CSc1cccc(NC(=O)[C@H]2CCCN2C(=O)c2cccc(F)c2)c1. The molecule has 0 saturated carbocycles. The lowest BCUT2D eigenvalue weighted by atomic mass is 10.1. The summed E-state index contributed by atoms with van der Waals surface area (Å²) in [6, 6.07) is 12.6. The van der Waals surface area contributed by atoms with Crippen LogP contribution in [0.4, 0.5) is 10.1 Å². The number of likely N-dealkylation sites (tertiary alicyclic amines) is 1. The maximum atomic E-state index is 13.4. The van der Waals surface area contributed by atoms with Gasteiger partial charge in [0, 0.05) is 22.7 Å². The van der Waals surface area contributed by atoms with Crippen LogP contribution in [0.5, 0.6) is 0 Å². The average Bonchev–Trinajstić information content (AvgIpc) is 3.11. The van der Waals surface area contributed by atoms with E-state index in [4.69, 9.17) is 0 Å². The molecule has 0 bridgehead atoms. The van der Waals surface area contributed by atoms with Crippen LogP contribution < -0.4 is 5.32 Å². The Hall–Kier alpha value is -2.34. The number of nitrogens with one attached hydrogen (secondary N) is 1. The van der Waals surface area contributed by atoms with Gasteiger partial charge in [0.05, 0.1) is 0 Å². The largest absolute Gasteiger partial charge is 0.327 e. The van der Waals surface area contributed by atoms with E-state index in [1.807, 2.05) is 30.5 Å². The molecule has 0 radical (unpaired) electrons. The summed E-state index contributed by atoms with van der Waals surface area (Å²) in [5, 5.41) is 2.89. The summed E-state index contributed by atoms with van der Waals surface area (Å²) in [5.41, 5.74) is 0.978. The van der Waals surface area contributed by atoms with Crippen molar-refractivity contribution in [1.29, 1.82) is 0 Å². The maximum Gasteiger partial charge on any atom is 0.254 e. The number of rotatable bonds is 4. The number of amides is 2. The summed E-state index contributed by atoms with van der Waals surface area (Å²) in [6.45, 7) is 0.498. The highest BCUT2D eigenvalue weighted by molar-refractivity contribution is 7.98. The molecule has 2 aromatic carbocycles. The van der Waals surface area contributed by atoms with Crippen LogP contribution in [0.2, 0.25) is 0 Å². The van der Waals surface area contributed by atoms with Gasteiger partial charge in [0.15, 0.2) is 0 Å². The summed E-state index contributed by atoms with van der Waals surface area (Å²) in [6.07, 6.45) is 3.33. The monoisotopic (exact) mass is 358 g/mol. The van der Waals surface area contributed by atoms with Gasteiger partial charge in [-0.1, -0.05) is 12.1 Å². The van der Waals surface area contributed by atoms with E-state index in [1.54, 1.807) is 17.8 Å². The highest BCUT2D eigenvalue weighted by Crippen LogP contribution is 2.23. The van der Waals surface area contributed by atoms with Crippen molar-refractivity contribution in [1.82, 2.24) is 4.90 Å². The second-order valence-corrected chi connectivity index (χ2v) is 6.77. The van der Waals surface area contributed by atoms with Crippen molar-refractivity contribution in [2.24, 2.45) is 0 Å². The van der Waals surface area contributed by atoms with Crippen LogP contribution in [0.15, 0.2) is 53.4 Å². The summed E-state index contributed by atoms with van der Waals surface area (Å²) in [5.74, 6) is -0.976. The van der Waals surface area contributed by atoms with Gasteiger partial charge in [-0.05, 0) is 55.5 Å². The molecular weight excluding hydrogens is 339 g/mol. The normalized spacial score (nSPS) is 16.7. The minimum absolute atomic E-state index is 0.208. The van der Waals surface area contributed by atoms with Crippen molar-refractivity contribution >= 4 is 29.3 Å². The van der Waals surface area contributed by atoms with Gasteiger partial charge in [0.2, 0.25) is 5.91 Å². The third-order valence-electron chi connectivity index (χ3n) is 4.23. The van der Waals surface area contributed by atoms with Crippen LogP contribution >= 0.6 is 11.8 Å². The Balaban J connectivity index is 1.74. The third kappa shape index (κ3) is 4.02. The van der Waals surface area contributed by atoms with Crippen LogP contribution in [0.3, 0.4) is 0 Å². The van der Waals surface area contributed by atoms with E-state index in [0.717, 1.165) is 11.3 Å². The van der Waals surface area contributed by atoms with Crippen LogP contribution in [-0.4, -0.2) is 35.6 Å². The molecule has 6 heteroatoms. The molecule has 25 heavy (non-hydrogen) atoms. The third-order valence-corrected chi connectivity index (χ3v) is 4.95. The van der Waals surface area contributed by atoms with Crippen LogP contribution in [0, 0.1) is 5.82 Å². The first-order valence-electron chi connectivity index (χ1n) is 8.10. The predicted molar refractivity (Wildman–Crippen MR) is 97.3 cm³/mol. The number of halogens is 1. The molecule has 2 amide bonds.